The minimum absolute atomic E-state index is 0.186. The van der Waals surface area contributed by atoms with Crippen molar-refractivity contribution >= 4 is 23.9 Å². The Hall–Kier alpha value is -3.54. The van der Waals surface area contributed by atoms with Gasteiger partial charge in [-0.1, -0.05) is 69.2 Å². The zero-order chi connectivity index (χ0) is 35.2. The van der Waals surface area contributed by atoms with E-state index in [-0.39, 0.29) is 30.8 Å². The average Bonchev–Trinajstić information content (AvgIpc) is 3.01. The molecule has 0 aromatic carbocycles. The minimum atomic E-state index is -1.09. The number of aliphatic hydroxyl groups is 1. The van der Waals surface area contributed by atoms with Crippen molar-refractivity contribution in [3.8, 4) is 0 Å². The third kappa shape index (κ3) is 13.2. The molecule has 47 heavy (non-hydrogen) atoms. The fourth-order valence-electron chi connectivity index (χ4n) is 5.81. The maximum absolute atomic E-state index is 12.9. The predicted molar refractivity (Wildman–Crippen MR) is 175 cm³/mol. The zero-order valence-electron chi connectivity index (χ0n) is 28.2. The number of carboxylic acids is 3. The first-order chi connectivity index (χ1) is 22.1. The van der Waals surface area contributed by atoms with E-state index in [2.05, 4.69) is 6.92 Å². The number of rotatable bonds is 17. The lowest BCUT2D eigenvalue weighted by Gasteiger charge is -2.53. The maximum atomic E-state index is 12.9. The van der Waals surface area contributed by atoms with E-state index < -0.39 is 47.5 Å². The summed E-state index contributed by atoms with van der Waals surface area (Å²) in [5, 5.41) is 37.5. The van der Waals surface area contributed by atoms with Crippen molar-refractivity contribution in [1.82, 2.24) is 0 Å². The Labute approximate surface area is 277 Å². The molecular weight excluding hydrogens is 608 g/mol. The molecule has 2 aliphatic heterocycles. The maximum Gasteiger partial charge on any atom is 0.328 e. The summed E-state index contributed by atoms with van der Waals surface area (Å²) >= 11 is 0. The van der Waals surface area contributed by atoms with E-state index in [1.54, 1.807) is 38.2 Å². The molecule has 0 aromatic heterocycles. The normalized spacial score (nSPS) is 28.6. The van der Waals surface area contributed by atoms with Gasteiger partial charge in [0.2, 0.25) is 0 Å². The molecule has 11 nitrogen and oxygen atoms in total. The Morgan fingerprint density at radius 2 is 1.66 bits per heavy atom. The molecule has 0 aromatic rings. The number of carbonyl (C=O) groups is 4. The number of allylic oxidation sites excluding steroid dienone is 4. The van der Waals surface area contributed by atoms with Gasteiger partial charge in [-0.3, -0.25) is 9.59 Å². The summed E-state index contributed by atoms with van der Waals surface area (Å²) in [7, 11) is 0. The summed E-state index contributed by atoms with van der Waals surface area (Å²) in [6.45, 7) is 9.44. The Morgan fingerprint density at radius 3 is 2.30 bits per heavy atom. The lowest BCUT2D eigenvalue weighted by molar-refractivity contribution is -0.344. The molecule has 2 aliphatic rings. The van der Waals surface area contributed by atoms with Gasteiger partial charge in [0.05, 0.1) is 25.0 Å². The molecule has 1 spiro atoms. The summed E-state index contributed by atoms with van der Waals surface area (Å²) in [6.07, 6.45) is 14.9. The molecule has 7 atom stereocenters. The van der Waals surface area contributed by atoms with Gasteiger partial charge in [0.25, 0.3) is 0 Å². The van der Waals surface area contributed by atoms with Crippen LogP contribution in [0, 0.1) is 11.8 Å². The topological polar surface area (TPSA) is 177 Å². The summed E-state index contributed by atoms with van der Waals surface area (Å²) < 4.78 is 19.5. The molecular formula is C36H52O11. The first-order valence-corrected chi connectivity index (χ1v) is 16.4. The minimum Gasteiger partial charge on any atom is -0.481 e. The molecule has 0 bridgehead atoms. The van der Waals surface area contributed by atoms with Gasteiger partial charge in [-0.15, -0.1) is 0 Å². The van der Waals surface area contributed by atoms with Gasteiger partial charge < -0.3 is 34.6 Å². The summed E-state index contributed by atoms with van der Waals surface area (Å²) in [6, 6.07) is 0. The van der Waals surface area contributed by atoms with Crippen LogP contribution < -0.4 is 0 Å². The first-order valence-electron chi connectivity index (χ1n) is 16.4. The number of unbranched alkanes of at least 4 members (excludes halogenated alkanes) is 1. The first kappa shape index (κ1) is 39.6. The van der Waals surface area contributed by atoms with Crippen molar-refractivity contribution in [1.29, 1.82) is 0 Å². The quantitative estimate of drug-likeness (QED) is 0.0802. The third-order valence-electron chi connectivity index (χ3n) is 8.78. The van der Waals surface area contributed by atoms with Gasteiger partial charge >= 0.3 is 23.9 Å². The van der Waals surface area contributed by atoms with Crippen LogP contribution in [0.3, 0.4) is 0 Å². The van der Waals surface area contributed by atoms with Gasteiger partial charge in [-0.05, 0) is 57.4 Å². The number of hydrogen-bond donors (Lipinski definition) is 4. The van der Waals surface area contributed by atoms with Crippen LogP contribution >= 0.6 is 0 Å². The number of carbonyl (C=O) groups excluding carboxylic acids is 1. The molecule has 0 saturated carbocycles. The van der Waals surface area contributed by atoms with E-state index in [1.807, 2.05) is 19.9 Å². The second-order valence-electron chi connectivity index (χ2n) is 12.8. The highest BCUT2D eigenvalue weighted by Crippen LogP contribution is 2.48. The SMILES string of the molecule is CCCC[C@@]1(OC(=O)CCC(=O)O)CC[C@]2(CC[C@H](C)[C@@H](C/C=C(C)/C=C/[C@H](O)[C@@H](C)/C=C/C(=O)O)O2)O[C@H]1/C=C/C(C)=CC(=O)O. The van der Waals surface area contributed by atoms with Crippen LogP contribution in [0.2, 0.25) is 0 Å². The Balaban J connectivity index is 2.31. The van der Waals surface area contributed by atoms with E-state index in [1.165, 1.54) is 6.08 Å². The van der Waals surface area contributed by atoms with Crippen LogP contribution in [0.25, 0.3) is 0 Å². The van der Waals surface area contributed by atoms with Crippen molar-refractivity contribution in [3.05, 3.63) is 59.8 Å². The largest absolute Gasteiger partial charge is 0.481 e. The summed E-state index contributed by atoms with van der Waals surface area (Å²) in [4.78, 5) is 46.0. The number of aliphatic hydroxyl groups excluding tert-OH is 1. The number of carboxylic acid groups (broad SMARTS) is 3. The van der Waals surface area contributed by atoms with Crippen molar-refractivity contribution < 1.29 is 53.8 Å². The predicted octanol–water partition coefficient (Wildman–Crippen LogP) is 6.13. The molecule has 4 N–H and O–H groups in total. The second kappa shape index (κ2) is 18.7. The molecule has 262 valence electrons. The van der Waals surface area contributed by atoms with Crippen LogP contribution in [0.5, 0.6) is 0 Å². The molecule has 2 fully saturated rings. The average molecular weight is 661 g/mol. The Kier molecular flexibility index (Phi) is 15.8. The summed E-state index contributed by atoms with van der Waals surface area (Å²) in [5.74, 6) is -4.98. The lowest BCUT2D eigenvalue weighted by Crippen LogP contribution is -2.59. The highest BCUT2D eigenvalue weighted by molar-refractivity contribution is 5.81. The van der Waals surface area contributed by atoms with Crippen molar-refractivity contribution in [2.24, 2.45) is 11.8 Å². The number of ether oxygens (including phenoxy) is 3. The molecule has 0 aliphatic carbocycles. The van der Waals surface area contributed by atoms with Crippen LogP contribution in [-0.2, 0) is 33.4 Å². The Bertz CT molecular complexity index is 1250. The lowest BCUT2D eigenvalue weighted by atomic mass is 9.78. The van der Waals surface area contributed by atoms with E-state index in [9.17, 15) is 29.4 Å². The van der Waals surface area contributed by atoms with Crippen molar-refractivity contribution in [2.45, 2.75) is 129 Å². The Morgan fingerprint density at radius 1 is 0.936 bits per heavy atom. The van der Waals surface area contributed by atoms with Crippen LogP contribution in [0.4, 0.5) is 0 Å². The number of esters is 1. The van der Waals surface area contributed by atoms with Gasteiger partial charge in [0.1, 0.15) is 11.7 Å². The number of aliphatic carboxylic acids is 3. The molecule has 11 heteroatoms. The molecule has 0 unspecified atom stereocenters. The monoisotopic (exact) mass is 660 g/mol. The van der Waals surface area contributed by atoms with Gasteiger partial charge in [0.15, 0.2) is 5.79 Å². The number of hydrogen-bond acceptors (Lipinski definition) is 8. The van der Waals surface area contributed by atoms with Crippen molar-refractivity contribution in [3.63, 3.8) is 0 Å². The van der Waals surface area contributed by atoms with Crippen LogP contribution in [0.1, 0.15) is 98.8 Å². The smallest absolute Gasteiger partial charge is 0.328 e. The highest BCUT2D eigenvalue weighted by Gasteiger charge is 2.54. The molecule has 0 amide bonds. The van der Waals surface area contributed by atoms with Gasteiger partial charge in [0, 0.05) is 30.9 Å². The van der Waals surface area contributed by atoms with Gasteiger partial charge in [-0.2, -0.15) is 0 Å². The fraction of sp³-hybridized carbons (Fsp3) is 0.611. The van der Waals surface area contributed by atoms with Crippen molar-refractivity contribution in [2.75, 3.05) is 0 Å². The van der Waals surface area contributed by atoms with Crippen LogP contribution in [-0.4, -0.2) is 74.0 Å². The molecule has 0 radical (unpaired) electrons. The standard InChI is InChI=1S/C36H52O11/c1-6-7-19-35(47-34(44)17-16-32(40)41)21-22-36(46-30(35)14-10-25(3)23-33(42)43)20-18-27(5)29(45-36)13-9-24(2)8-12-28(37)26(4)11-15-31(38)39/h8-12,14-15,23,26-30,37H,6-7,13,16-22H2,1-5H3,(H,38,39)(H,40,41)(H,42,43)/b12-8+,14-10+,15-11+,24-9+,25-23?/t26-,27-,28-,29+,30-,35+,36-/m0/s1. The van der Waals surface area contributed by atoms with E-state index in [0.717, 1.165) is 37.0 Å². The molecule has 2 saturated heterocycles. The van der Waals surface area contributed by atoms with Crippen LogP contribution in [0.15, 0.2) is 59.8 Å². The molecule has 2 heterocycles. The fourth-order valence-corrected chi connectivity index (χ4v) is 5.81. The van der Waals surface area contributed by atoms with Gasteiger partial charge in [-0.25, -0.2) is 9.59 Å². The second-order valence-corrected chi connectivity index (χ2v) is 12.8. The van der Waals surface area contributed by atoms with E-state index in [0.29, 0.717) is 37.7 Å². The van der Waals surface area contributed by atoms with E-state index >= 15 is 0 Å². The van der Waals surface area contributed by atoms with E-state index in [4.69, 9.17) is 24.4 Å². The zero-order valence-corrected chi connectivity index (χ0v) is 28.2. The molecule has 2 rings (SSSR count). The highest BCUT2D eigenvalue weighted by atomic mass is 16.7. The summed E-state index contributed by atoms with van der Waals surface area (Å²) in [5.41, 5.74) is 0.314. The third-order valence-corrected chi connectivity index (χ3v) is 8.78.